The largest absolute Gasteiger partial charge is 0.366 e. The Kier molecular flexibility index (Phi) is 3.27. The zero-order chi connectivity index (χ0) is 14.4. The van der Waals surface area contributed by atoms with Crippen molar-refractivity contribution in [1.82, 2.24) is 0 Å². The summed E-state index contributed by atoms with van der Waals surface area (Å²) in [5.41, 5.74) is 6.19. The summed E-state index contributed by atoms with van der Waals surface area (Å²) in [6.07, 6.45) is 0.424. The second-order valence-electron chi connectivity index (χ2n) is 5.06. The molecule has 0 bridgehead atoms. The molecule has 1 fully saturated rings. The summed E-state index contributed by atoms with van der Waals surface area (Å²) >= 11 is 11.9. The van der Waals surface area contributed by atoms with Crippen molar-refractivity contribution in [1.29, 1.82) is 0 Å². The van der Waals surface area contributed by atoms with Crippen molar-refractivity contribution < 1.29 is 9.59 Å². The second kappa shape index (κ2) is 4.39. The van der Waals surface area contributed by atoms with Gasteiger partial charge < -0.3 is 11.1 Å². The Morgan fingerprint density at radius 3 is 2.37 bits per heavy atom. The van der Waals surface area contributed by atoms with Gasteiger partial charge in [0.05, 0.1) is 5.41 Å². The molecule has 2 rings (SSSR count). The molecule has 1 aliphatic carbocycles. The molecular weight excluding hydrogens is 287 g/mol. The van der Waals surface area contributed by atoms with Gasteiger partial charge in [0.2, 0.25) is 11.8 Å². The fourth-order valence-corrected chi connectivity index (χ4v) is 2.57. The summed E-state index contributed by atoms with van der Waals surface area (Å²) in [6, 6.07) is 4.83. The van der Waals surface area contributed by atoms with Crippen LogP contribution in [-0.4, -0.2) is 16.1 Å². The van der Waals surface area contributed by atoms with Crippen molar-refractivity contribution in [2.24, 2.45) is 11.1 Å². The molecule has 1 aromatic carbocycles. The molecule has 102 valence electrons. The minimum atomic E-state index is -1.00. The quantitative estimate of drug-likeness (QED) is 0.842. The maximum Gasteiger partial charge on any atom is 0.248 e. The Morgan fingerprint density at radius 2 is 1.95 bits per heavy atom. The molecule has 1 saturated carbocycles. The van der Waals surface area contributed by atoms with Crippen LogP contribution in [-0.2, 0) is 4.79 Å². The van der Waals surface area contributed by atoms with Gasteiger partial charge in [-0.2, -0.15) is 0 Å². The van der Waals surface area contributed by atoms with Gasteiger partial charge in [0.15, 0.2) is 0 Å². The van der Waals surface area contributed by atoms with Gasteiger partial charge in [0, 0.05) is 11.3 Å². The van der Waals surface area contributed by atoms with Crippen LogP contribution in [0.1, 0.15) is 29.3 Å². The van der Waals surface area contributed by atoms with Gasteiger partial charge >= 0.3 is 0 Å². The molecule has 0 unspecified atom stereocenters. The van der Waals surface area contributed by atoms with E-state index in [1.54, 1.807) is 32.0 Å². The molecule has 0 saturated heterocycles. The molecule has 0 radical (unpaired) electrons. The summed E-state index contributed by atoms with van der Waals surface area (Å²) < 4.78 is -1.00. The molecule has 0 spiro atoms. The van der Waals surface area contributed by atoms with E-state index in [1.165, 1.54) is 0 Å². The zero-order valence-electron chi connectivity index (χ0n) is 10.6. The maximum absolute atomic E-state index is 12.1. The van der Waals surface area contributed by atoms with Crippen molar-refractivity contribution in [3.05, 3.63) is 29.3 Å². The van der Waals surface area contributed by atoms with E-state index in [9.17, 15) is 9.59 Å². The third-order valence-electron chi connectivity index (χ3n) is 3.52. The number of nitrogens with one attached hydrogen (secondary N) is 1. The first-order valence-corrected chi connectivity index (χ1v) is 6.53. The fraction of sp³-hybridized carbons (Fsp3) is 0.385. The average Bonchev–Trinajstić information content (AvgIpc) is 2.82. The number of halogens is 2. The van der Waals surface area contributed by atoms with Crippen LogP contribution in [0.25, 0.3) is 0 Å². The van der Waals surface area contributed by atoms with Crippen LogP contribution in [0.3, 0.4) is 0 Å². The number of anilines is 1. The minimum Gasteiger partial charge on any atom is -0.366 e. The first-order valence-electron chi connectivity index (χ1n) is 5.77. The molecule has 4 nitrogen and oxygen atoms in total. The van der Waals surface area contributed by atoms with Crippen LogP contribution >= 0.6 is 23.2 Å². The minimum absolute atomic E-state index is 0.229. The second-order valence-corrected chi connectivity index (χ2v) is 6.55. The number of nitrogens with two attached hydrogens (primary N) is 1. The van der Waals surface area contributed by atoms with Crippen LogP contribution in [0.15, 0.2) is 18.2 Å². The van der Waals surface area contributed by atoms with E-state index in [0.29, 0.717) is 17.7 Å². The van der Waals surface area contributed by atoms with Crippen LogP contribution in [0.4, 0.5) is 5.69 Å². The lowest BCUT2D eigenvalue weighted by Crippen LogP contribution is -2.26. The van der Waals surface area contributed by atoms with Gasteiger partial charge in [0.1, 0.15) is 4.33 Å². The first kappa shape index (κ1) is 14.2. The van der Waals surface area contributed by atoms with Gasteiger partial charge in [-0.15, -0.1) is 23.2 Å². The highest BCUT2D eigenvalue weighted by Crippen LogP contribution is 2.64. The molecule has 1 aliphatic rings. The van der Waals surface area contributed by atoms with Gasteiger partial charge in [0.25, 0.3) is 0 Å². The van der Waals surface area contributed by atoms with E-state index in [1.807, 2.05) is 0 Å². The summed E-state index contributed by atoms with van der Waals surface area (Å²) in [7, 11) is 0. The Bertz CT molecular complexity index is 572. The first-order chi connectivity index (χ1) is 8.67. The van der Waals surface area contributed by atoms with Crippen LogP contribution < -0.4 is 11.1 Å². The van der Waals surface area contributed by atoms with Gasteiger partial charge in [-0.05, 0) is 44.0 Å². The lowest BCUT2D eigenvalue weighted by atomic mass is 10.1. The Morgan fingerprint density at radius 1 is 1.37 bits per heavy atom. The number of aryl methyl sites for hydroxylation is 1. The van der Waals surface area contributed by atoms with Crippen molar-refractivity contribution in [2.45, 2.75) is 24.6 Å². The SMILES string of the molecule is Cc1cc(C(N)=O)ccc1NC(=O)[C@]1(C)CC1(Cl)Cl. The normalized spacial score (nSPS) is 23.8. The standard InChI is InChI=1S/C13H14Cl2N2O2/c1-7-5-8(10(16)18)3-4-9(7)17-11(19)12(2)6-13(12,14)15/h3-5H,6H2,1-2H3,(H2,16,18)(H,17,19)/t12-/m0/s1. The molecule has 19 heavy (non-hydrogen) atoms. The number of carbonyl (C=O) groups excluding carboxylic acids is 2. The smallest absolute Gasteiger partial charge is 0.248 e. The van der Waals surface area contributed by atoms with E-state index >= 15 is 0 Å². The number of amides is 2. The lowest BCUT2D eigenvalue weighted by molar-refractivity contribution is -0.120. The summed E-state index contributed by atoms with van der Waals surface area (Å²) in [5.74, 6) is -0.733. The Labute approximate surface area is 121 Å². The molecular formula is C13H14Cl2N2O2. The van der Waals surface area contributed by atoms with Crippen LogP contribution in [0, 0.1) is 12.3 Å². The molecule has 1 atom stereocenters. The monoisotopic (exact) mass is 300 g/mol. The topological polar surface area (TPSA) is 72.2 Å². The Balaban J connectivity index is 2.17. The summed E-state index contributed by atoms with van der Waals surface area (Å²) in [4.78, 5) is 23.2. The average molecular weight is 301 g/mol. The maximum atomic E-state index is 12.1. The van der Waals surface area contributed by atoms with Gasteiger partial charge in [-0.3, -0.25) is 9.59 Å². The fourth-order valence-electron chi connectivity index (χ4n) is 1.86. The van der Waals surface area contributed by atoms with E-state index in [2.05, 4.69) is 5.32 Å². The molecule has 0 heterocycles. The summed E-state index contributed by atoms with van der Waals surface area (Å²) in [6.45, 7) is 3.50. The van der Waals surface area contributed by atoms with Crippen molar-refractivity contribution in [3.8, 4) is 0 Å². The highest BCUT2D eigenvalue weighted by Gasteiger charge is 2.67. The molecule has 0 aromatic heterocycles. The number of hydrogen-bond acceptors (Lipinski definition) is 2. The third-order valence-corrected chi connectivity index (χ3v) is 4.62. The van der Waals surface area contributed by atoms with E-state index in [-0.39, 0.29) is 5.91 Å². The van der Waals surface area contributed by atoms with E-state index in [4.69, 9.17) is 28.9 Å². The highest BCUT2D eigenvalue weighted by atomic mass is 35.5. The van der Waals surface area contributed by atoms with Gasteiger partial charge in [-0.1, -0.05) is 0 Å². The number of benzene rings is 1. The van der Waals surface area contributed by atoms with Crippen molar-refractivity contribution in [2.75, 3.05) is 5.32 Å². The number of rotatable bonds is 3. The van der Waals surface area contributed by atoms with E-state index < -0.39 is 15.7 Å². The van der Waals surface area contributed by atoms with Crippen LogP contribution in [0.2, 0.25) is 0 Å². The predicted octanol–water partition coefficient (Wildman–Crippen LogP) is 2.62. The highest BCUT2D eigenvalue weighted by molar-refractivity contribution is 6.53. The Hall–Kier alpha value is -1.26. The molecule has 1 aromatic rings. The third kappa shape index (κ3) is 2.42. The predicted molar refractivity (Wildman–Crippen MR) is 75.5 cm³/mol. The summed E-state index contributed by atoms with van der Waals surface area (Å²) in [5, 5.41) is 2.77. The van der Waals surface area contributed by atoms with Crippen molar-refractivity contribution in [3.63, 3.8) is 0 Å². The molecule has 2 amide bonds. The molecule has 6 heteroatoms. The van der Waals surface area contributed by atoms with Crippen LogP contribution in [0.5, 0.6) is 0 Å². The lowest BCUT2D eigenvalue weighted by Gasteiger charge is -2.14. The van der Waals surface area contributed by atoms with E-state index in [0.717, 1.165) is 5.56 Å². The number of hydrogen-bond donors (Lipinski definition) is 2. The molecule has 3 N–H and O–H groups in total. The molecule has 0 aliphatic heterocycles. The zero-order valence-corrected chi connectivity index (χ0v) is 12.1. The number of primary amides is 1. The number of alkyl halides is 2. The van der Waals surface area contributed by atoms with Crippen molar-refractivity contribution >= 4 is 40.7 Å². The number of carbonyl (C=O) groups is 2. The van der Waals surface area contributed by atoms with Gasteiger partial charge in [-0.25, -0.2) is 0 Å².